The van der Waals surface area contributed by atoms with Gasteiger partial charge >= 0.3 is 6.18 Å². The van der Waals surface area contributed by atoms with Gasteiger partial charge in [0.15, 0.2) is 5.13 Å². The zero-order chi connectivity index (χ0) is 13.9. The summed E-state index contributed by atoms with van der Waals surface area (Å²) in [5.74, 6) is -0.539. The number of hydrogen-bond acceptors (Lipinski definition) is 4. The third-order valence-electron chi connectivity index (χ3n) is 2.88. The molecule has 8 heteroatoms. The summed E-state index contributed by atoms with van der Waals surface area (Å²) in [4.78, 5) is 17.6. The number of anilines is 1. The maximum Gasteiger partial charge on any atom is 0.389 e. The monoisotopic (exact) mass is 293 g/mol. The number of carbonyl (C=O) groups excluding carboxylic acids is 1. The molecule has 106 valence electrons. The number of hydrogen-bond donors (Lipinski definition) is 1. The number of halogens is 3. The van der Waals surface area contributed by atoms with Gasteiger partial charge in [0, 0.05) is 37.1 Å². The van der Waals surface area contributed by atoms with Gasteiger partial charge in [-0.2, -0.15) is 13.2 Å². The first-order valence-corrected chi connectivity index (χ1v) is 6.82. The molecule has 1 unspecified atom stereocenters. The topological polar surface area (TPSA) is 45.2 Å². The molecule has 1 fully saturated rings. The van der Waals surface area contributed by atoms with Gasteiger partial charge in [-0.25, -0.2) is 4.98 Å². The smallest absolute Gasteiger partial charge is 0.352 e. The standard InChI is InChI=1S/C11H14F3N3OS/c12-11(13,14)3-1-9(18)16-8-2-5-17(7-8)10-15-4-6-19-10/h4,6,8H,1-3,5,7H2,(H,16,18). The Balaban J connectivity index is 1.74. The lowest BCUT2D eigenvalue weighted by Gasteiger charge is -2.16. The van der Waals surface area contributed by atoms with Crippen LogP contribution in [0.25, 0.3) is 0 Å². The van der Waals surface area contributed by atoms with Crippen LogP contribution < -0.4 is 10.2 Å². The second-order valence-corrected chi connectivity index (χ2v) is 5.30. The first kappa shape index (κ1) is 14.1. The average molecular weight is 293 g/mol. The van der Waals surface area contributed by atoms with Crippen LogP contribution in [-0.4, -0.2) is 36.2 Å². The fourth-order valence-electron chi connectivity index (χ4n) is 1.98. The van der Waals surface area contributed by atoms with Crippen LogP contribution in [-0.2, 0) is 4.79 Å². The summed E-state index contributed by atoms with van der Waals surface area (Å²) in [5, 5.41) is 5.39. The molecule has 0 bridgehead atoms. The molecule has 1 atom stereocenters. The molecule has 2 rings (SSSR count). The molecule has 0 saturated carbocycles. The summed E-state index contributed by atoms with van der Waals surface area (Å²) in [5.41, 5.74) is 0. The van der Waals surface area contributed by atoms with Gasteiger partial charge in [0.2, 0.25) is 5.91 Å². The van der Waals surface area contributed by atoms with Crippen molar-refractivity contribution in [1.29, 1.82) is 0 Å². The van der Waals surface area contributed by atoms with Crippen molar-refractivity contribution in [2.45, 2.75) is 31.5 Å². The Bertz CT molecular complexity index is 421. The Hall–Kier alpha value is -1.31. The number of thiazole rings is 1. The molecule has 0 radical (unpaired) electrons. The molecule has 1 aromatic rings. The minimum absolute atomic E-state index is 0.0929. The van der Waals surface area contributed by atoms with E-state index < -0.39 is 24.9 Å². The molecule has 1 aromatic heterocycles. The summed E-state index contributed by atoms with van der Waals surface area (Å²) in [6, 6.07) is -0.0929. The summed E-state index contributed by atoms with van der Waals surface area (Å²) in [6.45, 7) is 1.36. The zero-order valence-electron chi connectivity index (χ0n) is 10.1. The number of amides is 1. The Morgan fingerprint density at radius 3 is 3.00 bits per heavy atom. The van der Waals surface area contributed by atoms with E-state index in [4.69, 9.17) is 0 Å². The fourth-order valence-corrected chi connectivity index (χ4v) is 2.66. The lowest BCUT2D eigenvalue weighted by molar-refractivity contribution is -0.144. The van der Waals surface area contributed by atoms with E-state index >= 15 is 0 Å². The van der Waals surface area contributed by atoms with Gasteiger partial charge in [-0.05, 0) is 6.42 Å². The Kier molecular flexibility index (Phi) is 4.28. The van der Waals surface area contributed by atoms with Gasteiger partial charge < -0.3 is 10.2 Å². The highest BCUT2D eigenvalue weighted by Gasteiger charge is 2.29. The summed E-state index contributed by atoms with van der Waals surface area (Å²) < 4.78 is 35.9. The Morgan fingerprint density at radius 2 is 2.37 bits per heavy atom. The van der Waals surface area contributed by atoms with Crippen LogP contribution in [0.4, 0.5) is 18.3 Å². The van der Waals surface area contributed by atoms with E-state index in [0.717, 1.165) is 18.1 Å². The van der Waals surface area contributed by atoms with Crippen LogP contribution >= 0.6 is 11.3 Å². The highest BCUT2D eigenvalue weighted by atomic mass is 32.1. The number of carbonyl (C=O) groups is 1. The van der Waals surface area contributed by atoms with Crippen molar-refractivity contribution < 1.29 is 18.0 Å². The van der Waals surface area contributed by atoms with Crippen LogP contribution in [0.2, 0.25) is 0 Å². The lowest BCUT2D eigenvalue weighted by Crippen LogP contribution is -2.37. The largest absolute Gasteiger partial charge is 0.389 e. The molecule has 4 nitrogen and oxygen atoms in total. The third-order valence-corrected chi connectivity index (χ3v) is 3.71. The Morgan fingerprint density at radius 1 is 1.58 bits per heavy atom. The zero-order valence-corrected chi connectivity index (χ0v) is 10.9. The second kappa shape index (κ2) is 5.77. The first-order chi connectivity index (χ1) is 8.94. The number of alkyl halides is 3. The molecule has 1 saturated heterocycles. The number of rotatable bonds is 4. The summed E-state index contributed by atoms with van der Waals surface area (Å²) >= 11 is 1.51. The van der Waals surface area contributed by atoms with Crippen LogP contribution in [0.15, 0.2) is 11.6 Å². The van der Waals surface area contributed by atoms with Gasteiger partial charge in [-0.15, -0.1) is 11.3 Å². The van der Waals surface area contributed by atoms with Gasteiger partial charge in [0.05, 0.1) is 6.42 Å². The quantitative estimate of drug-likeness (QED) is 0.925. The molecular weight excluding hydrogens is 279 g/mol. The van der Waals surface area contributed by atoms with Crippen molar-refractivity contribution in [2.75, 3.05) is 18.0 Å². The highest BCUT2D eigenvalue weighted by Crippen LogP contribution is 2.23. The SMILES string of the molecule is O=C(CCC(F)(F)F)NC1CCN(c2nccs2)C1. The van der Waals surface area contributed by atoms with Crippen LogP contribution in [0.1, 0.15) is 19.3 Å². The molecule has 0 aromatic carbocycles. The van der Waals surface area contributed by atoms with Gasteiger partial charge in [-0.1, -0.05) is 0 Å². The number of nitrogens with one attached hydrogen (secondary N) is 1. The fraction of sp³-hybridized carbons (Fsp3) is 0.636. The van der Waals surface area contributed by atoms with Gasteiger partial charge in [0.1, 0.15) is 0 Å². The maximum atomic E-state index is 12.0. The van der Waals surface area contributed by atoms with Crippen LogP contribution in [0.3, 0.4) is 0 Å². The number of aromatic nitrogens is 1. The van der Waals surface area contributed by atoms with Crippen molar-refractivity contribution in [2.24, 2.45) is 0 Å². The minimum Gasteiger partial charge on any atom is -0.352 e. The van der Waals surface area contributed by atoms with Crippen molar-refractivity contribution in [3.8, 4) is 0 Å². The number of nitrogens with zero attached hydrogens (tertiary/aromatic N) is 2. The predicted octanol–water partition coefficient (Wildman–Crippen LogP) is 2.18. The summed E-state index contributed by atoms with van der Waals surface area (Å²) in [7, 11) is 0. The van der Waals surface area contributed by atoms with E-state index in [9.17, 15) is 18.0 Å². The average Bonchev–Trinajstić information content (AvgIpc) is 2.94. The Labute approximate surface area is 112 Å². The van der Waals surface area contributed by atoms with Crippen LogP contribution in [0.5, 0.6) is 0 Å². The highest BCUT2D eigenvalue weighted by molar-refractivity contribution is 7.13. The molecule has 0 spiro atoms. The van der Waals surface area contributed by atoms with Crippen molar-refractivity contribution >= 4 is 22.4 Å². The lowest BCUT2D eigenvalue weighted by atomic mass is 10.2. The van der Waals surface area contributed by atoms with Crippen molar-refractivity contribution in [1.82, 2.24) is 10.3 Å². The third kappa shape index (κ3) is 4.38. The molecular formula is C11H14F3N3OS. The van der Waals surface area contributed by atoms with E-state index in [-0.39, 0.29) is 6.04 Å². The molecule has 1 N–H and O–H groups in total. The van der Waals surface area contributed by atoms with Crippen molar-refractivity contribution in [3.63, 3.8) is 0 Å². The maximum absolute atomic E-state index is 12.0. The molecule has 0 aliphatic carbocycles. The van der Waals surface area contributed by atoms with E-state index in [1.807, 2.05) is 10.3 Å². The molecule has 2 heterocycles. The molecule has 1 amide bonds. The minimum atomic E-state index is -4.28. The van der Waals surface area contributed by atoms with E-state index in [2.05, 4.69) is 10.3 Å². The van der Waals surface area contributed by atoms with E-state index in [1.165, 1.54) is 11.3 Å². The predicted molar refractivity (Wildman–Crippen MR) is 66.2 cm³/mol. The molecule has 1 aliphatic rings. The van der Waals surface area contributed by atoms with Gasteiger partial charge in [-0.3, -0.25) is 4.79 Å². The molecule has 1 aliphatic heterocycles. The van der Waals surface area contributed by atoms with E-state index in [1.54, 1.807) is 6.20 Å². The molecule has 19 heavy (non-hydrogen) atoms. The van der Waals surface area contributed by atoms with E-state index in [0.29, 0.717) is 6.54 Å². The normalized spacial score (nSPS) is 19.7. The van der Waals surface area contributed by atoms with Gasteiger partial charge in [0.25, 0.3) is 0 Å². The second-order valence-electron chi connectivity index (χ2n) is 4.43. The van der Waals surface area contributed by atoms with Crippen molar-refractivity contribution in [3.05, 3.63) is 11.6 Å². The summed E-state index contributed by atoms with van der Waals surface area (Å²) in [6.07, 6.45) is -3.41. The van der Waals surface area contributed by atoms with Crippen LogP contribution in [0, 0.1) is 0 Å². The first-order valence-electron chi connectivity index (χ1n) is 5.94.